The van der Waals surface area contributed by atoms with Gasteiger partial charge in [-0.3, -0.25) is 4.79 Å². The fourth-order valence-electron chi connectivity index (χ4n) is 3.85. The van der Waals surface area contributed by atoms with E-state index >= 15 is 0 Å². The average molecular weight is 496 g/mol. The van der Waals surface area contributed by atoms with Gasteiger partial charge >= 0.3 is 12.2 Å². The maximum absolute atomic E-state index is 12.3. The van der Waals surface area contributed by atoms with Crippen molar-refractivity contribution in [1.82, 2.24) is 19.9 Å². The number of rotatable bonds is 7. The number of benzene rings is 2. The van der Waals surface area contributed by atoms with Crippen LogP contribution in [0.4, 0.5) is 23.7 Å². The monoisotopic (exact) mass is 496 g/mol. The summed E-state index contributed by atoms with van der Waals surface area (Å²) in [5, 5.41) is 8.66. The molecule has 4 rings (SSSR count). The summed E-state index contributed by atoms with van der Waals surface area (Å²) in [5.74, 6) is -0.699. The molecule has 0 radical (unpaired) electrons. The number of aromatic nitrogens is 3. The summed E-state index contributed by atoms with van der Waals surface area (Å²) in [7, 11) is 0. The van der Waals surface area contributed by atoms with E-state index in [2.05, 4.69) is 15.4 Å². The van der Waals surface area contributed by atoms with Crippen molar-refractivity contribution in [3.05, 3.63) is 72.6 Å². The lowest BCUT2D eigenvalue weighted by molar-refractivity contribution is -0.122. The standard InChI is InChI=1S/C25H23F3N6O2/c1-2-20(23(29)35)16-8-6-15(7-9-16)18-11-22-30-13-21(34(22)32-12-18)17-4-3-5-19(10-17)33-24(36)31-14-25(26,27)28/h3-13,20H,2,14H2,1H3,(H2,29,35)(H2,31,33,36). The Bertz CT molecular complexity index is 1400. The van der Waals surface area contributed by atoms with E-state index in [-0.39, 0.29) is 11.8 Å². The highest BCUT2D eigenvalue weighted by molar-refractivity contribution is 5.90. The lowest BCUT2D eigenvalue weighted by Gasteiger charge is -2.12. The van der Waals surface area contributed by atoms with Gasteiger partial charge in [-0.1, -0.05) is 43.3 Å². The Morgan fingerprint density at radius 1 is 1.03 bits per heavy atom. The van der Waals surface area contributed by atoms with Gasteiger partial charge in [0.2, 0.25) is 5.91 Å². The Morgan fingerprint density at radius 3 is 2.44 bits per heavy atom. The molecular formula is C25H23F3N6O2. The van der Waals surface area contributed by atoms with Crippen LogP contribution in [0.2, 0.25) is 0 Å². The highest BCUT2D eigenvalue weighted by Crippen LogP contribution is 2.27. The Balaban J connectivity index is 1.54. The molecule has 4 aromatic rings. The van der Waals surface area contributed by atoms with Crippen LogP contribution in [0.1, 0.15) is 24.8 Å². The predicted molar refractivity (Wildman–Crippen MR) is 129 cm³/mol. The zero-order chi connectivity index (χ0) is 25.9. The molecule has 0 saturated heterocycles. The van der Waals surface area contributed by atoms with Crippen molar-refractivity contribution in [2.75, 3.05) is 11.9 Å². The van der Waals surface area contributed by atoms with Gasteiger partial charge in [0.1, 0.15) is 6.54 Å². The molecule has 0 aliphatic heterocycles. The molecule has 0 fully saturated rings. The lowest BCUT2D eigenvalue weighted by atomic mass is 9.94. The number of alkyl halides is 3. The van der Waals surface area contributed by atoms with Gasteiger partial charge in [-0.2, -0.15) is 18.3 Å². The molecule has 0 bridgehead atoms. The first-order valence-corrected chi connectivity index (χ1v) is 11.1. The average Bonchev–Trinajstić information content (AvgIpc) is 3.27. The first-order valence-electron chi connectivity index (χ1n) is 11.1. The van der Waals surface area contributed by atoms with Crippen LogP contribution in [0.25, 0.3) is 28.0 Å². The van der Waals surface area contributed by atoms with E-state index in [1.807, 2.05) is 37.3 Å². The highest BCUT2D eigenvalue weighted by Gasteiger charge is 2.27. The first kappa shape index (κ1) is 24.7. The minimum Gasteiger partial charge on any atom is -0.369 e. The van der Waals surface area contributed by atoms with E-state index in [4.69, 9.17) is 5.73 Å². The van der Waals surface area contributed by atoms with Gasteiger partial charge in [0, 0.05) is 16.8 Å². The van der Waals surface area contributed by atoms with E-state index in [1.54, 1.807) is 46.5 Å². The normalized spacial score (nSPS) is 12.3. The second kappa shape index (κ2) is 10.1. The number of urea groups is 1. The van der Waals surface area contributed by atoms with Crippen molar-refractivity contribution in [2.24, 2.45) is 5.73 Å². The summed E-state index contributed by atoms with van der Waals surface area (Å²) in [5.41, 5.74) is 10.3. The number of primary amides is 1. The maximum Gasteiger partial charge on any atom is 0.405 e. The van der Waals surface area contributed by atoms with Crippen LogP contribution >= 0.6 is 0 Å². The molecule has 2 aromatic heterocycles. The third-order valence-corrected chi connectivity index (χ3v) is 5.62. The quantitative estimate of drug-likeness (QED) is 0.343. The summed E-state index contributed by atoms with van der Waals surface area (Å²) in [6, 6.07) is 15.1. The Kier molecular flexibility index (Phi) is 6.91. The van der Waals surface area contributed by atoms with E-state index in [0.717, 1.165) is 16.7 Å². The van der Waals surface area contributed by atoms with Gasteiger partial charge in [0.15, 0.2) is 5.65 Å². The second-order valence-electron chi connectivity index (χ2n) is 8.15. The van der Waals surface area contributed by atoms with Gasteiger partial charge in [-0.15, -0.1) is 0 Å². The van der Waals surface area contributed by atoms with Gasteiger partial charge in [0.25, 0.3) is 0 Å². The van der Waals surface area contributed by atoms with Crippen LogP contribution in [0.5, 0.6) is 0 Å². The summed E-state index contributed by atoms with van der Waals surface area (Å²) in [6.45, 7) is 0.483. The summed E-state index contributed by atoms with van der Waals surface area (Å²) in [4.78, 5) is 27.8. The van der Waals surface area contributed by atoms with Gasteiger partial charge in [-0.25, -0.2) is 14.3 Å². The molecule has 1 atom stereocenters. The largest absolute Gasteiger partial charge is 0.405 e. The highest BCUT2D eigenvalue weighted by atomic mass is 19.4. The van der Waals surface area contributed by atoms with E-state index in [0.29, 0.717) is 29.0 Å². The van der Waals surface area contributed by atoms with Crippen molar-refractivity contribution in [3.63, 3.8) is 0 Å². The van der Waals surface area contributed by atoms with Crippen LogP contribution in [-0.2, 0) is 4.79 Å². The zero-order valence-corrected chi connectivity index (χ0v) is 19.2. The molecule has 0 aliphatic rings. The van der Waals surface area contributed by atoms with E-state index < -0.39 is 18.8 Å². The number of nitrogens with zero attached hydrogens (tertiary/aromatic N) is 3. The molecule has 0 aliphatic carbocycles. The van der Waals surface area contributed by atoms with Crippen LogP contribution < -0.4 is 16.4 Å². The lowest BCUT2D eigenvalue weighted by Crippen LogP contribution is -2.36. The van der Waals surface area contributed by atoms with Gasteiger partial charge in [-0.05, 0) is 35.7 Å². The number of halogens is 3. The molecular weight excluding hydrogens is 473 g/mol. The maximum atomic E-state index is 12.3. The van der Waals surface area contributed by atoms with Crippen LogP contribution in [-0.4, -0.2) is 39.3 Å². The Labute approximate surface area is 204 Å². The second-order valence-corrected chi connectivity index (χ2v) is 8.15. The van der Waals surface area contributed by atoms with Crippen molar-refractivity contribution >= 4 is 23.3 Å². The number of amides is 3. The van der Waals surface area contributed by atoms with Gasteiger partial charge < -0.3 is 16.4 Å². The number of nitrogens with two attached hydrogens (primary N) is 1. The number of hydrogen-bond donors (Lipinski definition) is 3. The van der Waals surface area contributed by atoms with Crippen LogP contribution in [0.15, 0.2) is 67.0 Å². The molecule has 3 amide bonds. The number of anilines is 1. The molecule has 8 nitrogen and oxygen atoms in total. The van der Waals surface area contributed by atoms with Crippen molar-refractivity contribution in [1.29, 1.82) is 0 Å². The molecule has 0 saturated carbocycles. The number of hydrogen-bond acceptors (Lipinski definition) is 4. The molecule has 4 N–H and O–H groups in total. The fraction of sp³-hybridized carbons (Fsp3) is 0.200. The third-order valence-electron chi connectivity index (χ3n) is 5.62. The number of nitrogens with one attached hydrogen (secondary N) is 2. The topological polar surface area (TPSA) is 114 Å². The molecule has 0 spiro atoms. The third kappa shape index (κ3) is 5.62. The number of fused-ring (bicyclic) bond motifs is 1. The zero-order valence-electron chi connectivity index (χ0n) is 19.2. The molecule has 2 aromatic carbocycles. The van der Waals surface area contributed by atoms with Gasteiger partial charge in [0.05, 0.1) is 24.0 Å². The first-order chi connectivity index (χ1) is 17.1. The summed E-state index contributed by atoms with van der Waals surface area (Å²) < 4.78 is 38.5. The van der Waals surface area contributed by atoms with Crippen LogP contribution in [0.3, 0.4) is 0 Å². The minimum absolute atomic E-state index is 0.320. The van der Waals surface area contributed by atoms with Crippen molar-refractivity contribution in [2.45, 2.75) is 25.4 Å². The predicted octanol–water partition coefficient (Wildman–Crippen LogP) is 4.73. The molecule has 1 unspecified atom stereocenters. The fourth-order valence-corrected chi connectivity index (χ4v) is 3.85. The smallest absolute Gasteiger partial charge is 0.369 e. The molecule has 11 heteroatoms. The molecule has 2 heterocycles. The molecule has 186 valence electrons. The summed E-state index contributed by atoms with van der Waals surface area (Å²) >= 11 is 0. The van der Waals surface area contributed by atoms with E-state index in [1.165, 1.54) is 0 Å². The summed E-state index contributed by atoms with van der Waals surface area (Å²) in [6.07, 6.45) is -0.570. The minimum atomic E-state index is -4.50. The molecule has 36 heavy (non-hydrogen) atoms. The number of carbonyl (C=O) groups is 2. The Hall–Kier alpha value is -4.41. The van der Waals surface area contributed by atoms with Crippen molar-refractivity contribution < 1.29 is 22.8 Å². The SMILES string of the molecule is CCC(C(N)=O)c1ccc(-c2cnn3c(-c4cccc(NC(=O)NCC(F)(F)F)c4)cnc3c2)cc1. The van der Waals surface area contributed by atoms with Crippen LogP contribution in [0, 0.1) is 0 Å². The number of imidazole rings is 1. The number of carbonyl (C=O) groups excluding carboxylic acids is 2. The van der Waals surface area contributed by atoms with E-state index in [9.17, 15) is 22.8 Å². The Morgan fingerprint density at radius 2 is 1.78 bits per heavy atom. The van der Waals surface area contributed by atoms with Crippen molar-refractivity contribution in [3.8, 4) is 22.4 Å².